The van der Waals surface area contributed by atoms with Gasteiger partial charge in [0.1, 0.15) is 5.82 Å². The van der Waals surface area contributed by atoms with Gasteiger partial charge in [0.2, 0.25) is 0 Å². The van der Waals surface area contributed by atoms with Crippen LogP contribution in [0, 0.1) is 19.7 Å². The first-order chi connectivity index (χ1) is 9.60. The molecule has 0 saturated carbocycles. The van der Waals surface area contributed by atoms with Gasteiger partial charge in [-0.1, -0.05) is 36.2 Å². The molecule has 1 N–H and O–H groups in total. The molecule has 1 aromatic carbocycles. The Balaban J connectivity index is 2.41. The molecule has 0 aliphatic rings. The zero-order valence-corrected chi connectivity index (χ0v) is 12.3. The normalized spacial score (nSPS) is 12.4. The van der Waals surface area contributed by atoms with Gasteiger partial charge in [-0.2, -0.15) is 0 Å². The Kier molecular flexibility index (Phi) is 4.85. The van der Waals surface area contributed by atoms with Gasteiger partial charge in [-0.05, 0) is 44.0 Å². The first-order valence-corrected chi connectivity index (χ1v) is 7.02. The molecule has 0 amide bonds. The minimum Gasteiger partial charge on any atom is -0.306 e. The Morgan fingerprint density at radius 2 is 1.75 bits per heavy atom. The van der Waals surface area contributed by atoms with Crippen LogP contribution >= 0.6 is 0 Å². The zero-order valence-electron chi connectivity index (χ0n) is 12.3. The highest BCUT2D eigenvalue weighted by Gasteiger charge is 2.15. The van der Waals surface area contributed by atoms with Crippen molar-refractivity contribution in [1.82, 2.24) is 10.3 Å². The molecule has 2 nitrogen and oxygen atoms in total. The molecule has 1 heterocycles. The molecule has 3 heteroatoms. The van der Waals surface area contributed by atoms with Crippen LogP contribution in [0.15, 0.2) is 36.7 Å². The number of aryl methyl sites for hydroxylation is 2. The Bertz CT molecular complexity index is 561. The van der Waals surface area contributed by atoms with Gasteiger partial charge >= 0.3 is 0 Å². The number of rotatable bonds is 5. The number of hydrogen-bond acceptors (Lipinski definition) is 2. The summed E-state index contributed by atoms with van der Waals surface area (Å²) in [6, 6.07) is 7.97. The van der Waals surface area contributed by atoms with Crippen LogP contribution in [0.25, 0.3) is 0 Å². The smallest absolute Gasteiger partial charge is 0.141 e. The second-order valence-electron chi connectivity index (χ2n) is 5.24. The second-order valence-corrected chi connectivity index (χ2v) is 5.24. The maximum Gasteiger partial charge on any atom is 0.141 e. The number of pyridine rings is 1. The van der Waals surface area contributed by atoms with Gasteiger partial charge in [-0.15, -0.1) is 0 Å². The number of nitrogens with one attached hydrogen (secondary N) is 1. The first kappa shape index (κ1) is 14.7. The molecule has 2 aromatic rings. The van der Waals surface area contributed by atoms with E-state index >= 15 is 0 Å². The highest BCUT2D eigenvalue weighted by atomic mass is 19.1. The van der Waals surface area contributed by atoms with Gasteiger partial charge in [0, 0.05) is 6.20 Å². The van der Waals surface area contributed by atoms with Gasteiger partial charge in [-0.25, -0.2) is 4.39 Å². The molecule has 106 valence electrons. The van der Waals surface area contributed by atoms with Crippen molar-refractivity contribution in [3.05, 3.63) is 64.7 Å². The van der Waals surface area contributed by atoms with Crippen LogP contribution in [0.3, 0.4) is 0 Å². The molecule has 0 aliphatic heterocycles. The number of halogens is 1. The lowest BCUT2D eigenvalue weighted by Gasteiger charge is -2.20. The third-order valence-corrected chi connectivity index (χ3v) is 3.24. The van der Waals surface area contributed by atoms with Crippen LogP contribution in [-0.4, -0.2) is 11.5 Å². The van der Waals surface area contributed by atoms with E-state index in [1.54, 1.807) is 12.3 Å². The molecule has 0 bridgehead atoms. The number of aromatic nitrogens is 1. The van der Waals surface area contributed by atoms with Crippen molar-refractivity contribution in [2.24, 2.45) is 0 Å². The third kappa shape index (κ3) is 3.64. The van der Waals surface area contributed by atoms with Crippen LogP contribution in [0.2, 0.25) is 0 Å². The molecule has 2 rings (SSSR count). The standard InChI is InChI=1S/C17H21FN2/c1-4-5-20-17(15-9-16(18)11-19-10-15)14-7-12(2)6-13(3)8-14/h6-11,17,20H,4-5H2,1-3H3. The van der Waals surface area contributed by atoms with Crippen LogP contribution in [0.5, 0.6) is 0 Å². The second kappa shape index (κ2) is 6.62. The fourth-order valence-electron chi connectivity index (χ4n) is 2.48. The number of hydrogen-bond donors (Lipinski definition) is 1. The van der Waals surface area contributed by atoms with Crippen molar-refractivity contribution in [3.63, 3.8) is 0 Å². The van der Waals surface area contributed by atoms with E-state index in [0.717, 1.165) is 24.1 Å². The molecular weight excluding hydrogens is 251 g/mol. The maximum absolute atomic E-state index is 13.4. The van der Waals surface area contributed by atoms with Gasteiger partial charge in [0.25, 0.3) is 0 Å². The highest BCUT2D eigenvalue weighted by Crippen LogP contribution is 2.24. The lowest BCUT2D eigenvalue weighted by molar-refractivity contribution is 0.580. The summed E-state index contributed by atoms with van der Waals surface area (Å²) in [6.45, 7) is 7.16. The Morgan fingerprint density at radius 1 is 1.05 bits per heavy atom. The number of benzene rings is 1. The highest BCUT2D eigenvalue weighted by molar-refractivity contribution is 5.36. The summed E-state index contributed by atoms with van der Waals surface area (Å²) in [7, 11) is 0. The average molecular weight is 272 g/mol. The van der Waals surface area contributed by atoms with Crippen molar-refractivity contribution in [2.45, 2.75) is 33.2 Å². The molecule has 0 aliphatic carbocycles. The number of nitrogens with zero attached hydrogens (tertiary/aromatic N) is 1. The molecule has 0 radical (unpaired) electrons. The van der Waals surface area contributed by atoms with Crippen LogP contribution < -0.4 is 5.32 Å². The van der Waals surface area contributed by atoms with Gasteiger partial charge in [0.15, 0.2) is 0 Å². The van der Waals surface area contributed by atoms with Crippen molar-refractivity contribution in [2.75, 3.05) is 6.54 Å². The quantitative estimate of drug-likeness (QED) is 0.892. The van der Waals surface area contributed by atoms with Gasteiger partial charge in [-0.3, -0.25) is 4.98 Å². The topological polar surface area (TPSA) is 24.9 Å². The predicted molar refractivity (Wildman–Crippen MR) is 80.2 cm³/mol. The Morgan fingerprint density at radius 3 is 2.35 bits per heavy atom. The van der Waals surface area contributed by atoms with Crippen molar-refractivity contribution in [3.8, 4) is 0 Å². The molecule has 20 heavy (non-hydrogen) atoms. The van der Waals surface area contributed by atoms with Crippen molar-refractivity contribution < 1.29 is 4.39 Å². The maximum atomic E-state index is 13.4. The summed E-state index contributed by atoms with van der Waals surface area (Å²) >= 11 is 0. The van der Waals surface area contributed by atoms with E-state index in [9.17, 15) is 4.39 Å². The Labute approximate surface area is 120 Å². The van der Waals surface area contributed by atoms with Gasteiger partial charge < -0.3 is 5.32 Å². The molecule has 0 saturated heterocycles. The first-order valence-electron chi connectivity index (χ1n) is 7.02. The molecule has 1 atom stereocenters. The molecule has 1 unspecified atom stereocenters. The van der Waals surface area contributed by atoms with Crippen LogP contribution in [-0.2, 0) is 0 Å². The molecule has 0 fully saturated rings. The fraction of sp³-hybridized carbons (Fsp3) is 0.353. The monoisotopic (exact) mass is 272 g/mol. The summed E-state index contributed by atoms with van der Waals surface area (Å²) < 4.78 is 13.4. The van der Waals surface area contributed by atoms with E-state index in [-0.39, 0.29) is 11.9 Å². The van der Waals surface area contributed by atoms with Crippen LogP contribution in [0.4, 0.5) is 4.39 Å². The molecule has 1 aromatic heterocycles. The van der Waals surface area contributed by atoms with E-state index in [0.29, 0.717) is 0 Å². The summed E-state index contributed by atoms with van der Waals surface area (Å²) in [5.74, 6) is -0.296. The van der Waals surface area contributed by atoms with Crippen LogP contribution in [0.1, 0.15) is 41.6 Å². The predicted octanol–water partition coefficient (Wildman–Crippen LogP) is 3.93. The summed E-state index contributed by atoms with van der Waals surface area (Å²) in [6.07, 6.45) is 4.00. The SMILES string of the molecule is CCCNC(c1cc(C)cc(C)c1)c1cncc(F)c1. The van der Waals surface area contributed by atoms with Crippen molar-refractivity contribution >= 4 is 0 Å². The summed E-state index contributed by atoms with van der Waals surface area (Å²) in [4.78, 5) is 3.97. The summed E-state index contributed by atoms with van der Waals surface area (Å²) in [5.41, 5.74) is 4.45. The lowest BCUT2D eigenvalue weighted by atomic mass is 9.96. The lowest BCUT2D eigenvalue weighted by Crippen LogP contribution is -2.23. The minimum absolute atomic E-state index is 0.0169. The van der Waals surface area contributed by atoms with E-state index < -0.39 is 0 Å². The largest absolute Gasteiger partial charge is 0.306 e. The fourth-order valence-corrected chi connectivity index (χ4v) is 2.48. The van der Waals surface area contributed by atoms with Gasteiger partial charge in [0.05, 0.1) is 12.2 Å². The third-order valence-electron chi connectivity index (χ3n) is 3.24. The van der Waals surface area contributed by atoms with E-state index in [2.05, 4.69) is 49.3 Å². The average Bonchev–Trinajstić information content (AvgIpc) is 2.38. The summed E-state index contributed by atoms with van der Waals surface area (Å²) in [5, 5.41) is 3.48. The van der Waals surface area contributed by atoms with E-state index in [4.69, 9.17) is 0 Å². The minimum atomic E-state index is -0.296. The van der Waals surface area contributed by atoms with E-state index in [1.807, 2.05) is 0 Å². The zero-order chi connectivity index (χ0) is 14.5. The Hall–Kier alpha value is -1.74. The van der Waals surface area contributed by atoms with E-state index in [1.165, 1.54) is 17.3 Å². The molecular formula is C17H21FN2. The molecule has 0 spiro atoms. The van der Waals surface area contributed by atoms with Crippen molar-refractivity contribution in [1.29, 1.82) is 0 Å².